The fraction of sp³-hybridized carbons (Fsp3) is 0.667. The predicted octanol–water partition coefficient (Wildman–Crippen LogP) is 1.67. The number of halogens is 7. The molecule has 1 rings (SSSR count). The van der Waals surface area contributed by atoms with Gasteiger partial charge in [0.05, 0.1) is 0 Å². The van der Waals surface area contributed by atoms with Crippen LogP contribution in [0.25, 0.3) is 0 Å². The van der Waals surface area contributed by atoms with Gasteiger partial charge in [0.2, 0.25) is 0 Å². The van der Waals surface area contributed by atoms with Crippen molar-refractivity contribution in [2.45, 2.75) is 22.8 Å². The normalized spacial score (nSPS) is 34.6. The van der Waals surface area contributed by atoms with Crippen molar-refractivity contribution in [2.24, 2.45) is 0 Å². The molecule has 0 heterocycles. The van der Waals surface area contributed by atoms with Crippen LogP contribution in [0.3, 0.4) is 0 Å². The summed E-state index contributed by atoms with van der Waals surface area (Å²) in [6, 6.07) is 0. The molecule has 0 radical (unpaired) electrons. The Kier molecular flexibility index (Phi) is 2.62. The van der Waals surface area contributed by atoms with Crippen LogP contribution >= 0.6 is 0 Å². The highest BCUT2D eigenvalue weighted by Gasteiger charge is 2.82. The molecule has 1 aliphatic carbocycles. The summed E-state index contributed by atoms with van der Waals surface area (Å²) in [5.41, 5.74) is 0. The van der Waals surface area contributed by atoms with Crippen molar-refractivity contribution >= 4 is 10.1 Å². The average molecular weight is 287 g/mol. The van der Waals surface area contributed by atoms with Gasteiger partial charge in [0.1, 0.15) is 10.1 Å². The van der Waals surface area contributed by atoms with Gasteiger partial charge in [0, 0.05) is 0 Å². The molecular weight excluding hydrogens is 285 g/mol. The van der Waals surface area contributed by atoms with Crippen molar-refractivity contribution in [1.82, 2.24) is 0 Å². The monoisotopic (exact) mass is 287 g/mol. The van der Waals surface area contributed by atoms with Gasteiger partial charge in [0.15, 0.2) is 0 Å². The fourth-order valence-electron chi connectivity index (χ4n) is 1.08. The third-order valence-corrected chi connectivity index (χ3v) is 3.23. The number of rotatable bonds is 1. The van der Waals surface area contributed by atoms with E-state index in [-0.39, 0.29) is 0 Å². The van der Waals surface area contributed by atoms with Crippen molar-refractivity contribution < 1.29 is 43.7 Å². The lowest BCUT2D eigenvalue weighted by Gasteiger charge is -2.42. The number of hydrogen-bond donors (Lipinski definition) is 0. The van der Waals surface area contributed by atoms with E-state index in [2.05, 4.69) is 0 Å². The van der Waals surface area contributed by atoms with Crippen molar-refractivity contribution in [1.29, 1.82) is 0 Å². The van der Waals surface area contributed by atoms with Gasteiger partial charge >= 0.3 is 17.8 Å². The predicted molar refractivity (Wildman–Crippen MR) is 37.5 cm³/mol. The third-order valence-electron chi connectivity index (χ3n) is 2.11. The molecule has 0 aliphatic heterocycles. The smallest absolute Gasteiger partial charge is 0.380 e. The Morgan fingerprint density at radius 3 is 1.59 bits per heavy atom. The van der Waals surface area contributed by atoms with E-state index in [1.807, 2.05) is 0 Å². The van der Waals surface area contributed by atoms with E-state index in [0.29, 0.717) is 0 Å². The van der Waals surface area contributed by atoms with Crippen molar-refractivity contribution in [3.8, 4) is 0 Å². The molecule has 0 spiro atoms. The fourth-order valence-corrected chi connectivity index (χ4v) is 1.76. The van der Waals surface area contributed by atoms with Crippen LogP contribution < -0.4 is 0 Å². The summed E-state index contributed by atoms with van der Waals surface area (Å²) < 4.78 is 119. The molecule has 1 atom stereocenters. The summed E-state index contributed by atoms with van der Waals surface area (Å²) in [7, 11) is -6.62. The zero-order valence-corrected chi connectivity index (χ0v) is 8.25. The lowest BCUT2D eigenvalue weighted by molar-refractivity contribution is -0.318. The molecule has 3 nitrogen and oxygen atoms in total. The molecule has 0 aromatic carbocycles. The Hall–Kier alpha value is -0.840. The first kappa shape index (κ1) is 14.2. The summed E-state index contributed by atoms with van der Waals surface area (Å²) in [6.07, 6.45) is -2.13. The maximum absolute atomic E-state index is 13.1. The van der Waals surface area contributed by atoms with Gasteiger partial charge in [-0.15, -0.1) is 0 Å². The van der Waals surface area contributed by atoms with Gasteiger partial charge in [-0.1, -0.05) is 0 Å². The van der Waals surface area contributed by atoms with Gasteiger partial charge < -0.3 is 4.55 Å². The van der Waals surface area contributed by atoms with Crippen LogP contribution in [-0.2, 0) is 10.1 Å². The molecule has 11 heteroatoms. The second-order valence-corrected chi connectivity index (χ2v) is 4.71. The summed E-state index contributed by atoms with van der Waals surface area (Å²) in [5, 5.41) is -5.43. The molecule has 1 aliphatic rings. The van der Waals surface area contributed by atoms with Crippen molar-refractivity contribution in [2.75, 3.05) is 0 Å². The molecule has 0 saturated heterocycles. The van der Waals surface area contributed by atoms with Gasteiger partial charge in [-0.3, -0.25) is 0 Å². The van der Waals surface area contributed by atoms with Gasteiger partial charge in [-0.2, -0.15) is 26.3 Å². The summed E-state index contributed by atoms with van der Waals surface area (Å²) in [5.74, 6) is -18.2. The van der Waals surface area contributed by atoms with Crippen molar-refractivity contribution in [3.63, 3.8) is 0 Å². The maximum Gasteiger partial charge on any atom is 0.380 e. The molecule has 0 aromatic heterocycles. The minimum Gasteiger partial charge on any atom is -0.745 e. The van der Waals surface area contributed by atoms with Gasteiger partial charge in [-0.05, 0) is 12.2 Å². The van der Waals surface area contributed by atoms with Crippen LogP contribution in [0.4, 0.5) is 30.7 Å². The number of allylic oxidation sites excluding steroid dienone is 1. The van der Waals surface area contributed by atoms with E-state index in [1.54, 1.807) is 0 Å². The van der Waals surface area contributed by atoms with E-state index < -0.39 is 45.0 Å². The lowest BCUT2D eigenvalue weighted by Crippen LogP contribution is -2.67. The number of alkyl halides is 7. The molecule has 0 bridgehead atoms. The molecule has 0 fully saturated rings. The molecule has 0 amide bonds. The highest BCUT2D eigenvalue weighted by Crippen LogP contribution is 2.57. The second kappa shape index (κ2) is 3.13. The zero-order chi connectivity index (χ0) is 13.9. The minimum atomic E-state index is -6.62. The van der Waals surface area contributed by atoms with Crippen LogP contribution in [0.1, 0.15) is 0 Å². The maximum atomic E-state index is 13.1. The van der Waals surface area contributed by atoms with Crippen LogP contribution in [0.15, 0.2) is 12.2 Å². The molecule has 0 saturated carbocycles. The highest BCUT2D eigenvalue weighted by molar-refractivity contribution is 7.87. The first-order valence-corrected chi connectivity index (χ1v) is 5.10. The zero-order valence-electron chi connectivity index (χ0n) is 7.43. The van der Waals surface area contributed by atoms with Crippen LogP contribution in [0, 0.1) is 0 Å². The Morgan fingerprint density at radius 2 is 1.24 bits per heavy atom. The molecule has 0 N–H and O–H groups in total. The standard InChI is InChI=1S/C6H3F7O3S/c7-3(8)1-2-4(9,17(14,15)16)6(12,13)5(3,10)11/h1-2H,(H,14,15,16)/p-1. The molecule has 17 heavy (non-hydrogen) atoms. The summed E-state index contributed by atoms with van der Waals surface area (Å²) in [6.45, 7) is 0. The van der Waals surface area contributed by atoms with E-state index in [4.69, 9.17) is 0 Å². The topological polar surface area (TPSA) is 57.2 Å². The van der Waals surface area contributed by atoms with E-state index in [0.717, 1.165) is 0 Å². The Morgan fingerprint density at radius 1 is 0.824 bits per heavy atom. The van der Waals surface area contributed by atoms with E-state index in [1.165, 1.54) is 0 Å². The minimum absolute atomic E-state index is 1.06. The Labute approximate surface area is 89.7 Å². The lowest BCUT2D eigenvalue weighted by atomic mass is 9.93. The first-order chi connectivity index (χ1) is 7.21. The van der Waals surface area contributed by atoms with Crippen LogP contribution in [-0.4, -0.2) is 35.7 Å². The summed E-state index contributed by atoms with van der Waals surface area (Å²) >= 11 is 0. The average Bonchev–Trinajstić information content (AvgIpc) is 2.09. The molecule has 100 valence electrons. The third kappa shape index (κ3) is 1.48. The van der Waals surface area contributed by atoms with Crippen molar-refractivity contribution in [3.05, 3.63) is 12.2 Å². The second-order valence-electron chi connectivity index (χ2n) is 3.20. The largest absolute Gasteiger partial charge is 0.745 e. The quantitative estimate of drug-likeness (QED) is 0.419. The highest BCUT2D eigenvalue weighted by atomic mass is 32.2. The van der Waals surface area contributed by atoms with Crippen LogP contribution in [0.2, 0.25) is 0 Å². The molecule has 1 unspecified atom stereocenters. The summed E-state index contributed by atoms with van der Waals surface area (Å²) in [4.78, 5) is 0. The van der Waals surface area contributed by atoms with E-state index >= 15 is 0 Å². The molecule has 0 aromatic rings. The number of hydrogen-bond acceptors (Lipinski definition) is 3. The SMILES string of the molecule is O=S(=O)([O-])C1(F)C=CC(F)(F)C(F)(F)C1(F)F. The van der Waals surface area contributed by atoms with E-state index in [9.17, 15) is 43.7 Å². The Bertz CT molecular complexity index is 468. The molecular formula is C6H2F7O3S-. The first-order valence-electron chi connectivity index (χ1n) is 3.69. The van der Waals surface area contributed by atoms with Gasteiger partial charge in [0.25, 0.3) is 5.00 Å². The Balaban J connectivity index is 3.64. The van der Waals surface area contributed by atoms with Gasteiger partial charge in [-0.25, -0.2) is 12.8 Å². The van der Waals surface area contributed by atoms with Crippen LogP contribution in [0.5, 0.6) is 0 Å².